The number of nitrogens with one attached hydrogen (secondary N) is 1. The molecule has 146 valence electrons. The highest BCUT2D eigenvalue weighted by Crippen LogP contribution is 2.31. The van der Waals surface area contributed by atoms with E-state index in [9.17, 15) is 13.2 Å². The summed E-state index contributed by atoms with van der Waals surface area (Å²) >= 11 is 0. The first kappa shape index (κ1) is 18.3. The second-order valence-electron chi connectivity index (χ2n) is 6.58. The van der Waals surface area contributed by atoms with Gasteiger partial charge in [0.15, 0.2) is 15.6 Å². The van der Waals surface area contributed by atoms with E-state index in [1.165, 1.54) is 6.26 Å². The molecule has 4 rings (SSSR count). The van der Waals surface area contributed by atoms with E-state index in [0.717, 1.165) is 11.3 Å². The van der Waals surface area contributed by atoms with Gasteiger partial charge in [0.2, 0.25) is 0 Å². The van der Waals surface area contributed by atoms with E-state index in [-0.39, 0.29) is 23.3 Å². The van der Waals surface area contributed by atoms with Crippen LogP contribution in [0.3, 0.4) is 0 Å². The Morgan fingerprint density at radius 1 is 1.29 bits per heavy atom. The van der Waals surface area contributed by atoms with Crippen LogP contribution in [0.15, 0.2) is 53.1 Å². The molecular formula is C19H19N3O5S. The van der Waals surface area contributed by atoms with Crippen molar-refractivity contribution in [3.05, 3.63) is 54.5 Å². The zero-order valence-corrected chi connectivity index (χ0v) is 16.0. The Labute approximate surface area is 162 Å². The monoisotopic (exact) mass is 401 g/mol. The molecular weight excluding hydrogens is 382 g/mol. The van der Waals surface area contributed by atoms with Crippen LogP contribution in [0.4, 0.5) is 5.82 Å². The number of amides is 1. The molecule has 1 aromatic carbocycles. The predicted octanol–water partition coefficient (Wildman–Crippen LogP) is 2.76. The minimum Gasteiger partial charge on any atom is -0.497 e. The largest absolute Gasteiger partial charge is 0.497 e. The first-order valence-corrected chi connectivity index (χ1v) is 10.6. The summed E-state index contributed by atoms with van der Waals surface area (Å²) in [6.07, 6.45) is 1.87. The Balaban J connectivity index is 1.69. The number of furan rings is 1. The molecule has 1 fully saturated rings. The molecule has 9 heteroatoms. The Hall–Kier alpha value is -3.07. The third-order valence-electron chi connectivity index (χ3n) is 4.66. The standard InChI is InChI=1S/C19H19N3O5S/c1-26-15-6-4-13(5-7-15)16-11-18(20-19(23)17-3-2-9-27-17)22(21-16)14-8-10-28(24,25)12-14/h2-7,9,11,14H,8,10,12H2,1H3,(H,20,23)/t14-/m0/s1. The Morgan fingerprint density at radius 2 is 2.07 bits per heavy atom. The lowest BCUT2D eigenvalue weighted by Gasteiger charge is -2.13. The molecule has 1 aliphatic rings. The van der Waals surface area contributed by atoms with Crippen LogP contribution in [0.2, 0.25) is 0 Å². The summed E-state index contributed by atoms with van der Waals surface area (Å²) in [5.41, 5.74) is 1.45. The van der Waals surface area contributed by atoms with E-state index in [1.807, 2.05) is 24.3 Å². The van der Waals surface area contributed by atoms with Gasteiger partial charge in [-0.25, -0.2) is 13.1 Å². The maximum atomic E-state index is 12.4. The Bertz CT molecular complexity index is 1090. The van der Waals surface area contributed by atoms with Gasteiger partial charge in [0.25, 0.3) is 5.91 Å². The van der Waals surface area contributed by atoms with Gasteiger partial charge in [0.1, 0.15) is 11.6 Å². The van der Waals surface area contributed by atoms with Crippen molar-refractivity contribution in [2.75, 3.05) is 23.9 Å². The number of rotatable bonds is 5. The summed E-state index contributed by atoms with van der Waals surface area (Å²) in [6, 6.07) is 11.9. The molecule has 3 aromatic rings. The van der Waals surface area contributed by atoms with Crippen LogP contribution in [0.1, 0.15) is 23.0 Å². The van der Waals surface area contributed by atoms with Crippen LogP contribution in [-0.4, -0.2) is 42.7 Å². The highest BCUT2D eigenvalue weighted by molar-refractivity contribution is 7.91. The molecule has 1 N–H and O–H groups in total. The maximum absolute atomic E-state index is 12.4. The van der Waals surface area contributed by atoms with Gasteiger partial charge in [-0.1, -0.05) is 0 Å². The van der Waals surface area contributed by atoms with Gasteiger partial charge in [-0.2, -0.15) is 5.10 Å². The molecule has 3 heterocycles. The lowest BCUT2D eigenvalue weighted by molar-refractivity contribution is 0.0995. The van der Waals surface area contributed by atoms with Crippen molar-refractivity contribution in [1.82, 2.24) is 9.78 Å². The summed E-state index contributed by atoms with van der Waals surface area (Å²) in [4.78, 5) is 12.4. The quantitative estimate of drug-likeness (QED) is 0.705. The first-order chi connectivity index (χ1) is 13.4. The van der Waals surface area contributed by atoms with Crippen LogP contribution in [0, 0.1) is 0 Å². The van der Waals surface area contributed by atoms with Crippen molar-refractivity contribution >= 4 is 21.6 Å². The minimum atomic E-state index is -3.11. The lowest BCUT2D eigenvalue weighted by Crippen LogP contribution is -2.19. The molecule has 0 saturated carbocycles. The van der Waals surface area contributed by atoms with Gasteiger partial charge in [-0.05, 0) is 42.8 Å². The fraction of sp³-hybridized carbons (Fsp3) is 0.263. The zero-order valence-electron chi connectivity index (χ0n) is 15.2. The maximum Gasteiger partial charge on any atom is 0.292 e. The van der Waals surface area contributed by atoms with Crippen molar-refractivity contribution < 1.29 is 22.4 Å². The van der Waals surface area contributed by atoms with Gasteiger partial charge < -0.3 is 14.5 Å². The van der Waals surface area contributed by atoms with Crippen molar-refractivity contribution in [2.45, 2.75) is 12.5 Å². The summed E-state index contributed by atoms with van der Waals surface area (Å²) in [7, 11) is -1.52. The van der Waals surface area contributed by atoms with E-state index in [4.69, 9.17) is 9.15 Å². The van der Waals surface area contributed by atoms with Crippen molar-refractivity contribution in [1.29, 1.82) is 0 Å². The SMILES string of the molecule is COc1ccc(-c2cc(NC(=O)c3ccco3)n([C@H]3CCS(=O)(=O)C3)n2)cc1. The number of hydrogen-bond donors (Lipinski definition) is 1. The van der Waals surface area contributed by atoms with E-state index < -0.39 is 15.7 Å². The molecule has 0 aliphatic carbocycles. The van der Waals surface area contributed by atoms with Gasteiger partial charge >= 0.3 is 0 Å². The first-order valence-electron chi connectivity index (χ1n) is 8.74. The minimum absolute atomic E-state index is 0.000352. The zero-order chi connectivity index (χ0) is 19.7. The topological polar surface area (TPSA) is 103 Å². The molecule has 1 aliphatic heterocycles. The fourth-order valence-electron chi connectivity index (χ4n) is 3.22. The van der Waals surface area contributed by atoms with E-state index in [1.54, 1.807) is 30.0 Å². The number of nitrogens with zero attached hydrogens (tertiary/aromatic N) is 2. The number of hydrogen-bond acceptors (Lipinski definition) is 6. The molecule has 0 radical (unpaired) electrons. The molecule has 1 atom stereocenters. The number of anilines is 1. The van der Waals surface area contributed by atoms with E-state index in [0.29, 0.717) is 17.9 Å². The van der Waals surface area contributed by atoms with Gasteiger partial charge in [-0.3, -0.25) is 4.79 Å². The smallest absolute Gasteiger partial charge is 0.292 e. The number of aromatic nitrogens is 2. The molecule has 8 nitrogen and oxygen atoms in total. The van der Waals surface area contributed by atoms with E-state index in [2.05, 4.69) is 10.4 Å². The third-order valence-corrected chi connectivity index (χ3v) is 6.41. The van der Waals surface area contributed by atoms with Gasteiger partial charge in [-0.15, -0.1) is 0 Å². The van der Waals surface area contributed by atoms with Crippen LogP contribution >= 0.6 is 0 Å². The van der Waals surface area contributed by atoms with Gasteiger partial charge in [0, 0.05) is 11.6 Å². The normalized spacial score (nSPS) is 18.1. The predicted molar refractivity (Wildman–Crippen MR) is 103 cm³/mol. The Kier molecular flexibility index (Phi) is 4.68. The number of benzene rings is 1. The number of carbonyl (C=O) groups is 1. The third kappa shape index (κ3) is 3.65. The summed E-state index contributed by atoms with van der Waals surface area (Å²) in [5.74, 6) is 0.998. The second kappa shape index (κ2) is 7.16. The molecule has 0 spiro atoms. The number of sulfone groups is 1. The van der Waals surface area contributed by atoms with Crippen LogP contribution in [0.5, 0.6) is 5.75 Å². The second-order valence-corrected chi connectivity index (χ2v) is 8.80. The summed E-state index contributed by atoms with van der Waals surface area (Å²) < 4.78 is 35.7. The average Bonchev–Trinajstić information content (AvgIpc) is 3.41. The van der Waals surface area contributed by atoms with E-state index >= 15 is 0 Å². The summed E-state index contributed by atoms with van der Waals surface area (Å²) in [6.45, 7) is 0. The molecule has 0 unspecified atom stereocenters. The lowest BCUT2D eigenvalue weighted by atomic mass is 10.1. The summed E-state index contributed by atoms with van der Waals surface area (Å²) in [5, 5.41) is 7.36. The van der Waals surface area contributed by atoms with Crippen LogP contribution in [-0.2, 0) is 9.84 Å². The van der Waals surface area contributed by atoms with Crippen molar-refractivity contribution in [3.8, 4) is 17.0 Å². The highest BCUT2D eigenvalue weighted by Gasteiger charge is 2.32. The van der Waals surface area contributed by atoms with Crippen molar-refractivity contribution in [3.63, 3.8) is 0 Å². The molecule has 2 aromatic heterocycles. The molecule has 28 heavy (non-hydrogen) atoms. The van der Waals surface area contributed by atoms with Crippen LogP contribution < -0.4 is 10.1 Å². The van der Waals surface area contributed by atoms with Gasteiger partial charge in [0.05, 0.1) is 36.6 Å². The number of ether oxygens (including phenoxy) is 1. The number of methoxy groups -OCH3 is 1. The average molecular weight is 401 g/mol. The van der Waals surface area contributed by atoms with Crippen molar-refractivity contribution in [2.24, 2.45) is 0 Å². The highest BCUT2D eigenvalue weighted by atomic mass is 32.2. The molecule has 1 saturated heterocycles. The number of carbonyl (C=O) groups excluding carboxylic acids is 1. The van der Waals surface area contributed by atoms with Crippen LogP contribution in [0.25, 0.3) is 11.3 Å². The molecule has 0 bridgehead atoms. The molecule has 1 amide bonds. The fourth-order valence-corrected chi connectivity index (χ4v) is 4.91. The Morgan fingerprint density at radius 3 is 2.68 bits per heavy atom.